The Labute approximate surface area is 94.1 Å². The molecule has 0 amide bonds. The fraction of sp³-hybridized carbons (Fsp3) is 0.455. The summed E-state index contributed by atoms with van der Waals surface area (Å²) < 4.78 is 5.78. The van der Waals surface area contributed by atoms with Crippen LogP contribution in [-0.2, 0) is 11.4 Å². The van der Waals surface area contributed by atoms with E-state index in [4.69, 9.17) is 9.57 Å². The van der Waals surface area contributed by atoms with Crippen molar-refractivity contribution in [3.05, 3.63) is 29.8 Å². The van der Waals surface area contributed by atoms with Crippen molar-refractivity contribution in [1.29, 1.82) is 0 Å². The van der Waals surface area contributed by atoms with Gasteiger partial charge in [-0.2, -0.15) is 17.2 Å². The molecule has 0 unspecified atom stereocenters. The molecule has 0 aliphatic carbocycles. The van der Waals surface area contributed by atoms with Crippen LogP contribution in [0, 0.1) is 0 Å². The average molecular weight is 225 g/mol. The first-order chi connectivity index (χ1) is 7.38. The van der Waals surface area contributed by atoms with Gasteiger partial charge in [0.25, 0.3) is 0 Å². The van der Waals surface area contributed by atoms with E-state index in [0.29, 0.717) is 12.6 Å². The summed E-state index contributed by atoms with van der Waals surface area (Å²) >= 11 is 1.93. The summed E-state index contributed by atoms with van der Waals surface area (Å²) in [6.07, 6.45) is 0.403. The summed E-state index contributed by atoms with van der Waals surface area (Å²) in [5.74, 6) is 3.18. The van der Waals surface area contributed by atoms with Crippen LogP contribution in [0.2, 0.25) is 0 Å². The van der Waals surface area contributed by atoms with Crippen molar-refractivity contribution in [3.63, 3.8) is 0 Å². The fourth-order valence-corrected chi connectivity index (χ4v) is 1.92. The van der Waals surface area contributed by atoms with Crippen LogP contribution < -0.4 is 10.2 Å². The Bertz CT molecular complexity index is 315. The molecule has 1 fully saturated rings. The molecule has 15 heavy (non-hydrogen) atoms. The maximum atomic E-state index is 5.78. The molecule has 1 N–H and O–H groups in total. The fourth-order valence-electron chi connectivity index (χ4n) is 1.36. The summed E-state index contributed by atoms with van der Waals surface area (Å²) in [4.78, 5) is 4.80. The molecule has 1 aromatic carbocycles. The first-order valence-corrected chi connectivity index (χ1v) is 6.13. The summed E-state index contributed by atoms with van der Waals surface area (Å²) in [6.45, 7) is 0.702. The molecule has 0 atom stereocenters. The van der Waals surface area contributed by atoms with Crippen LogP contribution in [0.15, 0.2) is 24.3 Å². The number of ether oxygens (including phenoxy) is 1. The number of thioether (sulfide) groups is 1. The summed E-state index contributed by atoms with van der Waals surface area (Å²) in [7, 11) is 1.62. The lowest BCUT2D eigenvalue weighted by Crippen LogP contribution is -2.31. The second-order valence-corrected chi connectivity index (χ2v) is 4.52. The third kappa shape index (κ3) is 3.12. The van der Waals surface area contributed by atoms with Crippen molar-refractivity contribution in [2.45, 2.75) is 12.6 Å². The highest BCUT2D eigenvalue weighted by Crippen LogP contribution is 2.24. The molecule has 1 heterocycles. The molecular weight excluding hydrogens is 210 g/mol. The van der Waals surface area contributed by atoms with E-state index in [9.17, 15) is 0 Å². The van der Waals surface area contributed by atoms with E-state index in [1.807, 2.05) is 23.9 Å². The molecule has 0 spiro atoms. The minimum atomic E-state index is 0.403. The van der Waals surface area contributed by atoms with Gasteiger partial charge < -0.3 is 9.57 Å². The quantitative estimate of drug-likeness (QED) is 0.774. The third-order valence-electron chi connectivity index (χ3n) is 2.23. The van der Waals surface area contributed by atoms with E-state index < -0.39 is 0 Å². The molecular formula is C11H15NO2S. The molecule has 0 radical (unpaired) electrons. The average Bonchev–Trinajstić information content (AvgIpc) is 2.21. The van der Waals surface area contributed by atoms with Gasteiger partial charge in [0, 0.05) is 18.1 Å². The van der Waals surface area contributed by atoms with Gasteiger partial charge in [0.15, 0.2) is 0 Å². The van der Waals surface area contributed by atoms with Gasteiger partial charge in [0.2, 0.25) is 0 Å². The monoisotopic (exact) mass is 225 g/mol. The number of hydrogen-bond acceptors (Lipinski definition) is 4. The number of hydroxylamine groups is 1. The van der Waals surface area contributed by atoms with Gasteiger partial charge in [-0.1, -0.05) is 12.1 Å². The number of benzene rings is 1. The van der Waals surface area contributed by atoms with Crippen LogP contribution in [0.1, 0.15) is 5.56 Å². The van der Waals surface area contributed by atoms with E-state index in [2.05, 4.69) is 17.6 Å². The summed E-state index contributed by atoms with van der Waals surface area (Å²) in [5.41, 5.74) is 3.98. The maximum absolute atomic E-state index is 5.78. The molecule has 0 saturated carbocycles. The van der Waals surface area contributed by atoms with Gasteiger partial charge in [-0.25, -0.2) is 0 Å². The lowest BCUT2D eigenvalue weighted by atomic mass is 10.2. The first-order valence-electron chi connectivity index (χ1n) is 4.97. The molecule has 3 nitrogen and oxygen atoms in total. The number of hydrogen-bond donors (Lipinski definition) is 1. The van der Waals surface area contributed by atoms with Gasteiger partial charge in [0.1, 0.15) is 11.9 Å². The van der Waals surface area contributed by atoms with Gasteiger partial charge >= 0.3 is 0 Å². The maximum Gasteiger partial charge on any atom is 0.120 e. The normalized spacial score (nSPS) is 16.1. The van der Waals surface area contributed by atoms with Crippen molar-refractivity contribution in [1.82, 2.24) is 5.48 Å². The molecule has 1 aliphatic heterocycles. The Morgan fingerprint density at radius 3 is 3.00 bits per heavy atom. The summed E-state index contributed by atoms with van der Waals surface area (Å²) in [5, 5.41) is 0. The smallest absolute Gasteiger partial charge is 0.120 e. The molecule has 82 valence electrons. The van der Waals surface area contributed by atoms with Crippen LogP contribution in [0.25, 0.3) is 0 Å². The minimum Gasteiger partial charge on any atom is -0.489 e. The molecule has 4 heteroatoms. The summed E-state index contributed by atoms with van der Waals surface area (Å²) in [6, 6.07) is 8.11. The zero-order chi connectivity index (χ0) is 10.5. The van der Waals surface area contributed by atoms with E-state index in [0.717, 1.165) is 17.3 Å². The topological polar surface area (TPSA) is 30.5 Å². The van der Waals surface area contributed by atoms with Crippen molar-refractivity contribution >= 4 is 11.8 Å². The highest BCUT2D eigenvalue weighted by Gasteiger charge is 2.19. The van der Waals surface area contributed by atoms with Crippen LogP contribution in [-0.4, -0.2) is 24.7 Å². The number of rotatable bonds is 5. The van der Waals surface area contributed by atoms with Gasteiger partial charge in [-0.05, 0) is 17.7 Å². The Kier molecular flexibility index (Phi) is 3.88. The lowest BCUT2D eigenvalue weighted by molar-refractivity contribution is 0.0866. The van der Waals surface area contributed by atoms with Gasteiger partial charge in [0.05, 0.1) is 7.11 Å². The molecule has 1 aromatic rings. The van der Waals surface area contributed by atoms with Crippen molar-refractivity contribution in [3.8, 4) is 5.75 Å². The second-order valence-electron chi connectivity index (χ2n) is 3.45. The zero-order valence-electron chi connectivity index (χ0n) is 8.73. The Hall–Kier alpha value is -0.710. The van der Waals surface area contributed by atoms with Gasteiger partial charge in [-0.15, -0.1) is 0 Å². The third-order valence-corrected chi connectivity index (χ3v) is 3.44. The molecule has 1 saturated heterocycles. The van der Waals surface area contributed by atoms with Crippen LogP contribution in [0.5, 0.6) is 5.75 Å². The van der Waals surface area contributed by atoms with E-state index in [1.54, 1.807) is 7.11 Å². The highest BCUT2D eigenvalue weighted by molar-refractivity contribution is 8.00. The first kappa shape index (κ1) is 10.8. The van der Waals surface area contributed by atoms with E-state index in [1.165, 1.54) is 5.56 Å². The minimum absolute atomic E-state index is 0.403. The predicted octanol–water partition coefficient (Wildman–Crippen LogP) is 1.83. The van der Waals surface area contributed by atoms with E-state index >= 15 is 0 Å². The SMILES string of the molecule is CONCc1cccc(OC2CSC2)c1. The molecule has 0 aromatic heterocycles. The molecule has 1 aliphatic rings. The Balaban J connectivity index is 1.92. The van der Waals surface area contributed by atoms with Crippen molar-refractivity contribution < 1.29 is 9.57 Å². The van der Waals surface area contributed by atoms with Crippen LogP contribution in [0.3, 0.4) is 0 Å². The van der Waals surface area contributed by atoms with E-state index in [-0.39, 0.29) is 0 Å². The van der Waals surface area contributed by atoms with Crippen molar-refractivity contribution in [2.24, 2.45) is 0 Å². The zero-order valence-corrected chi connectivity index (χ0v) is 9.55. The van der Waals surface area contributed by atoms with Crippen molar-refractivity contribution in [2.75, 3.05) is 18.6 Å². The van der Waals surface area contributed by atoms with Crippen LogP contribution in [0.4, 0.5) is 0 Å². The predicted molar refractivity (Wildman–Crippen MR) is 62.0 cm³/mol. The van der Waals surface area contributed by atoms with Crippen LogP contribution >= 0.6 is 11.8 Å². The Morgan fingerprint density at radius 1 is 1.47 bits per heavy atom. The highest BCUT2D eigenvalue weighted by atomic mass is 32.2. The number of nitrogens with one attached hydrogen (secondary N) is 1. The molecule has 2 rings (SSSR count). The molecule has 0 bridgehead atoms. The standard InChI is InChI=1S/C11H15NO2S/c1-13-12-6-9-3-2-4-10(5-9)14-11-7-15-8-11/h2-5,11-12H,6-8H2,1H3. The largest absolute Gasteiger partial charge is 0.489 e. The Morgan fingerprint density at radius 2 is 2.33 bits per heavy atom. The second kappa shape index (κ2) is 5.39. The lowest BCUT2D eigenvalue weighted by Gasteiger charge is -2.26. The van der Waals surface area contributed by atoms with Gasteiger partial charge in [-0.3, -0.25) is 0 Å².